The molecule has 0 fully saturated rings. The van der Waals surface area contributed by atoms with E-state index in [9.17, 15) is 13.2 Å². The van der Waals surface area contributed by atoms with Gasteiger partial charge in [0.15, 0.2) is 0 Å². The maximum Gasteiger partial charge on any atom is 0.251 e. The zero-order valence-electron chi connectivity index (χ0n) is 14.5. The summed E-state index contributed by atoms with van der Waals surface area (Å²) >= 11 is 11.9. The Labute approximate surface area is 172 Å². The summed E-state index contributed by atoms with van der Waals surface area (Å²) in [5, 5.41) is 3.70. The fourth-order valence-corrected chi connectivity index (χ4v) is 3.86. The second kappa shape index (κ2) is 8.79. The molecule has 1 aromatic heterocycles. The van der Waals surface area contributed by atoms with E-state index in [1.807, 2.05) is 0 Å². The first-order valence-corrected chi connectivity index (χ1v) is 10.4. The van der Waals surface area contributed by atoms with Crippen LogP contribution in [-0.2, 0) is 23.1 Å². The first-order chi connectivity index (χ1) is 13.3. The van der Waals surface area contributed by atoms with Crippen molar-refractivity contribution in [3.05, 3.63) is 87.8 Å². The molecule has 9 heteroatoms. The molecule has 28 heavy (non-hydrogen) atoms. The summed E-state index contributed by atoms with van der Waals surface area (Å²) in [6, 6.07) is 14.0. The number of hydrogen-bond donors (Lipinski definition) is 2. The van der Waals surface area contributed by atoms with E-state index in [0.717, 1.165) is 5.56 Å². The molecule has 146 valence electrons. The summed E-state index contributed by atoms with van der Waals surface area (Å²) in [7, 11) is -3.72. The minimum Gasteiger partial charge on any atom is -0.468 e. The third-order valence-electron chi connectivity index (χ3n) is 3.90. The van der Waals surface area contributed by atoms with Crippen LogP contribution in [0, 0.1) is 0 Å². The van der Waals surface area contributed by atoms with Crippen molar-refractivity contribution in [1.29, 1.82) is 0 Å². The lowest BCUT2D eigenvalue weighted by molar-refractivity contribution is 0.0951. The Morgan fingerprint density at radius 3 is 2.39 bits per heavy atom. The van der Waals surface area contributed by atoms with Crippen molar-refractivity contribution in [3.8, 4) is 0 Å². The van der Waals surface area contributed by atoms with Gasteiger partial charge in [0.25, 0.3) is 5.91 Å². The van der Waals surface area contributed by atoms with E-state index in [1.54, 1.807) is 30.3 Å². The maximum absolute atomic E-state index is 12.3. The highest BCUT2D eigenvalue weighted by Gasteiger charge is 2.15. The van der Waals surface area contributed by atoms with Crippen molar-refractivity contribution in [2.45, 2.75) is 18.0 Å². The van der Waals surface area contributed by atoms with Crippen molar-refractivity contribution in [1.82, 2.24) is 10.0 Å². The van der Waals surface area contributed by atoms with E-state index < -0.39 is 10.0 Å². The van der Waals surface area contributed by atoms with Gasteiger partial charge in [-0.3, -0.25) is 4.79 Å². The lowest BCUT2D eigenvalue weighted by Gasteiger charge is -2.09. The molecule has 0 spiro atoms. The summed E-state index contributed by atoms with van der Waals surface area (Å²) in [5.41, 5.74) is 1.05. The summed E-state index contributed by atoms with van der Waals surface area (Å²) < 4.78 is 32.1. The van der Waals surface area contributed by atoms with E-state index in [2.05, 4.69) is 10.0 Å². The monoisotopic (exact) mass is 438 g/mol. The van der Waals surface area contributed by atoms with Gasteiger partial charge < -0.3 is 9.73 Å². The topological polar surface area (TPSA) is 88.4 Å². The number of nitrogens with one attached hydrogen (secondary N) is 2. The van der Waals surface area contributed by atoms with E-state index in [4.69, 9.17) is 27.6 Å². The largest absolute Gasteiger partial charge is 0.468 e. The predicted octanol–water partition coefficient (Wildman–Crippen LogP) is 3.99. The Balaban J connectivity index is 1.62. The van der Waals surface area contributed by atoms with Gasteiger partial charge in [0.1, 0.15) is 5.76 Å². The molecular formula is C19H16Cl2N2O4S. The van der Waals surface area contributed by atoms with Crippen LogP contribution in [-0.4, -0.2) is 14.3 Å². The number of carbonyl (C=O) groups excluding carboxylic acids is 1. The molecule has 0 unspecified atom stereocenters. The fraction of sp³-hybridized carbons (Fsp3) is 0.105. The number of carbonyl (C=O) groups is 1. The normalized spacial score (nSPS) is 11.4. The highest BCUT2D eigenvalue weighted by atomic mass is 35.5. The molecule has 1 amide bonds. The molecule has 0 aliphatic heterocycles. The van der Waals surface area contributed by atoms with Crippen LogP contribution in [0.1, 0.15) is 21.7 Å². The van der Waals surface area contributed by atoms with E-state index >= 15 is 0 Å². The van der Waals surface area contributed by atoms with Gasteiger partial charge in [0, 0.05) is 22.2 Å². The molecule has 3 aromatic rings. The van der Waals surface area contributed by atoms with Gasteiger partial charge in [-0.2, -0.15) is 0 Å². The summed E-state index contributed by atoms with van der Waals surface area (Å²) in [6.07, 6.45) is 1.47. The molecule has 0 aliphatic rings. The lowest BCUT2D eigenvalue weighted by atomic mass is 10.2. The number of hydrogen-bond acceptors (Lipinski definition) is 4. The zero-order valence-corrected chi connectivity index (χ0v) is 16.8. The first kappa shape index (κ1) is 20.4. The zero-order chi connectivity index (χ0) is 20.1. The Bertz CT molecular complexity index is 1070. The molecule has 0 saturated carbocycles. The Kier molecular flexibility index (Phi) is 6.41. The van der Waals surface area contributed by atoms with Crippen molar-refractivity contribution in [3.63, 3.8) is 0 Å². The molecule has 3 rings (SSSR count). The van der Waals surface area contributed by atoms with E-state index in [-0.39, 0.29) is 23.9 Å². The van der Waals surface area contributed by atoms with Crippen molar-refractivity contribution < 1.29 is 17.6 Å². The van der Waals surface area contributed by atoms with Crippen LogP contribution in [0.3, 0.4) is 0 Å². The molecular weight excluding hydrogens is 423 g/mol. The number of halogens is 2. The third kappa shape index (κ3) is 5.14. The molecule has 0 radical (unpaired) electrons. The van der Waals surface area contributed by atoms with Gasteiger partial charge in [0.05, 0.1) is 17.7 Å². The molecule has 0 aliphatic carbocycles. The second-order valence-corrected chi connectivity index (χ2v) is 8.46. The van der Waals surface area contributed by atoms with Crippen LogP contribution >= 0.6 is 23.2 Å². The second-order valence-electron chi connectivity index (χ2n) is 5.85. The minimum absolute atomic E-state index is 0.0411. The van der Waals surface area contributed by atoms with Crippen LogP contribution < -0.4 is 10.0 Å². The average Bonchev–Trinajstić information content (AvgIpc) is 3.19. The van der Waals surface area contributed by atoms with Gasteiger partial charge in [0.2, 0.25) is 10.0 Å². The standard InChI is InChI=1S/C19H16Cl2N2O4S/c20-15-6-3-14(18(21)10-15)11-22-19(24)13-4-7-17(8-5-13)28(25,26)23-12-16-2-1-9-27-16/h1-10,23H,11-12H2,(H,22,24). The Hall–Kier alpha value is -2.32. The van der Waals surface area contributed by atoms with Crippen LogP contribution in [0.15, 0.2) is 70.2 Å². The summed E-state index contributed by atoms with van der Waals surface area (Å²) in [5.74, 6) is 0.152. The Morgan fingerprint density at radius 2 is 1.75 bits per heavy atom. The molecule has 0 bridgehead atoms. The fourth-order valence-electron chi connectivity index (χ4n) is 2.39. The molecule has 0 atom stereocenters. The number of furan rings is 1. The lowest BCUT2D eigenvalue weighted by Crippen LogP contribution is -2.24. The van der Waals surface area contributed by atoms with Crippen molar-refractivity contribution >= 4 is 39.1 Å². The highest BCUT2D eigenvalue weighted by molar-refractivity contribution is 7.89. The minimum atomic E-state index is -3.72. The van der Waals surface area contributed by atoms with E-state index in [0.29, 0.717) is 21.4 Å². The van der Waals surface area contributed by atoms with Gasteiger partial charge in [-0.1, -0.05) is 29.3 Å². The maximum atomic E-state index is 12.3. The SMILES string of the molecule is O=C(NCc1ccc(Cl)cc1Cl)c1ccc(S(=O)(=O)NCc2ccco2)cc1. The Morgan fingerprint density at radius 1 is 1.00 bits per heavy atom. The smallest absolute Gasteiger partial charge is 0.251 e. The van der Waals surface area contributed by atoms with Crippen LogP contribution in [0.2, 0.25) is 10.0 Å². The average molecular weight is 439 g/mol. The number of benzene rings is 2. The molecule has 1 heterocycles. The van der Waals surface area contributed by atoms with Gasteiger partial charge in [-0.05, 0) is 54.1 Å². The number of sulfonamides is 1. The van der Waals surface area contributed by atoms with Crippen LogP contribution in [0.25, 0.3) is 0 Å². The highest BCUT2D eigenvalue weighted by Crippen LogP contribution is 2.21. The molecule has 0 saturated heterocycles. The van der Waals surface area contributed by atoms with Gasteiger partial charge in [-0.25, -0.2) is 13.1 Å². The quantitative estimate of drug-likeness (QED) is 0.583. The predicted molar refractivity (Wildman–Crippen MR) is 107 cm³/mol. The van der Waals surface area contributed by atoms with Gasteiger partial charge >= 0.3 is 0 Å². The van der Waals surface area contributed by atoms with Gasteiger partial charge in [-0.15, -0.1) is 0 Å². The first-order valence-electron chi connectivity index (χ1n) is 8.19. The number of amides is 1. The molecule has 6 nitrogen and oxygen atoms in total. The summed E-state index contributed by atoms with van der Waals surface area (Å²) in [4.78, 5) is 12.3. The van der Waals surface area contributed by atoms with Crippen molar-refractivity contribution in [2.24, 2.45) is 0 Å². The molecule has 2 N–H and O–H groups in total. The summed E-state index contributed by atoms with van der Waals surface area (Å²) in [6.45, 7) is 0.263. The van der Waals surface area contributed by atoms with Crippen LogP contribution in [0.4, 0.5) is 0 Å². The van der Waals surface area contributed by atoms with Crippen molar-refractivity contribution in [2.75, 3.05) is 0 Å². The molecule has 2 aromatic carbocycles. The number of rotatable bonds is 7. The van der Waals surface area contributed by atoms with E-state index in [1.165, 1.54) is 30.5 Å². The third-order valence-corrected chi connectivity index (χ3v) is 5.90. The van der Waals surface area contributed by atoms with Crippen LogP contribution in [0.5, 0.6) is 0 Å².